The summed E-state index contributed by atoms with van der Waals surface area (Å²) >= 11 is 6.10. The van der Waals surface area contributed by atoms with Gasteiger partial charge in [0, 0.05) is 24.5 Å². The van der Waals surface area contributed by atoms with Gasteiger partial charge in [-0.15, -0.1) is 0 Å². The van der Waals surface area contributed by atoms with Crippen molar-refractivity contribution in [1.82, 2.24) is 19.7 Å². The van der Waals surface area contributed by atoms with E-state index in [1.54, 1.807) is 34.1 Å². The zero-order valence-electron chi connectivity index (χ0n) is 15.0. The Balaban J connectivity index is 1.48. The zero-order chi connectivity index (χ0) is 19.5. The maximum Gasteiger partial charge on any atom is 0.229 e. The average molecular weight is 396 g/mol. The van der Waals surface area contributed by atoms with E-state index in [9.17, 15) is 9.59 Å². The van der Waals surface area contributed by atoms with E-state index in [1.165, 1.54) is 6.33 Å². The van der Waals surface area contributed by atoms with Crippen molar-refractivity contribution in [2.75, 3.05) is 11.9 Å². The Morgan fingerprint density at radius 3 is 2.79 bits per heavy atom. The van der Waals surface area contributed by atoms with Crippen LogP contribution >= 0.6 is 11.6 Å². The van der Waals surface area contributed by atoms with Crippen LogP contribution in [0.5, 0.6) is 0 Å². The van der Waals surface area contributed by atoms with Gasteiger partial charge >= 0.3 is 0 Å². The highest BCUT2D eigenvalue weighted by Crippen LogP contribution is 2.27. The number of halogens is 1. The van der Waals surface area contributed by atoms with Crippen LogP contribution in [0.25, 0.3) is 5.69 Å². The number of anilines is 1. The summed E-state index contributed by atoms with van der Waals surface area (Å²) in [6.45, 7) is 0.892. The lowest BCUT2D eigenvalue weighted by Gasteiger charge is -2.17. The minimum Gasteiger partial charge on any atom is -0.338 e. The highest BCUT2D eigenvalue weighted by atomic mass is 35.5. The van der Waals surface area contributed by atoms with Crippen molar-refractivity contribution in [2.24, 2.45) is 5.92 Å². The van der Waals surface area contributed by atoms with Gasteiger partial charge in [-0.3, -0.25) is 9.59 Å². The number of hydrogen-bond acceptors (Lipinski definition) is 4. The van der Waals surface area contributed by atoms with Crippen LogP contribution in [0.3, 0.4) is 0 Å². The third-order valence-corrected chi connectivity index (χ3v) is 4.92. The van der Waals surface area contributed by atoms with E-state index in [0.717, 1.165) is 5.56 Å². The molecule has 0 saturated carbocycles. The second-order valence-electron chi connectivity index (χ2n) is 6.65. The molecule has 1 saturated heterocycles. The second-order valence-corrected chi connectivity index (χ2v) is 7.09. The summed E-state index contributed by atoms with van der Waals surface area (Å²) in [5.74, 6) is -0.655. The lowest BCUT2D eigenvalue weighted by atomic mass is 10.1. The molecule has 4 rings (SSSR count). The summed E-state index contributed by atoms with van der Waals surface area (Å²) < 4.78 is 1.55. The maximum absolute atomic E-state index is 12.8. The molecule has 0 spiro atoms. The highest BCUT2D eigenvalue weighted by molar-refractivity contribution is 6.31. The number of nitrogens with one attached hydrogen (secondary N) is 1. The lowest BCUT2D eigenvalue weighted by Crippen LogP contribution is -2.28. The molecule has 2 heterocycles. The first-order chi connectivity index (χ1) is 13.6. The molecule has 1 fully saturated rings. The minimum absolute atomic E-state index is 0.0217. The number of aromatic nitrogens is 3. The van der Waals surface area contributed by atoms with Crippen LogP contribution in [0.2, 0.25) is 5.02 Å². The largest absolute Gasteiger partial charge is 0.338 e. The number of nitrogens with zero attached hydrogens (tertiary/aromatic N) is 4. The molecule has 1 unspecified atom stereocenters. The first-order valence-electron chi connectivity index (χ1n) is 8.87. The maximum atomic E-state index is 12.8. The van der Waals surface area contributed by atoms with Crippen LogP contribution < -0.4 is 5.32 Å². The van der Waals surface area contributed by atoms with E-state index < -0.39 is 5.92 Å². The van der Waals surface area contributed by atoms with Crippen molar-refractivity contribution in [1.29, 1.82) is 0 Å². The summed E-state index contributed by atoms with van der Waals surface area (Å²) in [6, 6.07) is 14.9. The number of carbonyl (C=O) groups excluding carboxylic acids is 2. The van der Waals surface area contributed by atoms with E-state index in [0.29, 0.717) is 29.5 Å². The van der Waals surface area contributed by atoms with Crippen LogP contribution in [0, 0.1) is 5.92 Å². The Hall–Kier alpha value is -3.19. The van der Waals surface area contributed by atoms with Crippen LogP contribution in [0.15, 0.2) is 61.2 Å². The minimum atomic E-state index is -0.418. The molecular formula is C20H18ClN5O2. The fourth-order valence-electron chi connectivity index (χ4n) is 3.28. The van der Waals surface area contributed by atoms with Crippen molar-refractivity contribution in [3.8, 4) is 5.69 Å². The molecule has 1 N–H and O–H groups in total. The van der Waals surface area contributed by atoms with Crippen molar-refractivity contribution in [2.45, 2.75) is 13.0 Å². The molecule has 0 bridgehead atoms. The highest BCUT2D eigenvalue weighted by Gasteiger charge is 2.34. The second kappa shape index (κ2) is 7.82. The molecular weight excluding hydrogens is 378 g/mol. The van der Waals surface area contributed by atoms with Gasteiger partial charge in [0.2, 0.25) is 11.8 Å². The Morgan fingerprint density at radius 1 is 1.21 bits per heavy atom. The fourth-order valence-corrected chi connectivity index (χ4v) is 3.45. The van der Waals surface area contributed by atoms with Crippen molar-refractivity contribution in [3.63, 3.8) is 0 Å². The SMILES string of the molecule is O=C(Nc1cc(Cl)ccc1-n1cncn1)C1CC(=O)N(Cc2ccccc2)C1. The molecule has 1 aliphatic rings. The molecule has 7 nitrogen and oxygen atoms in total. The Labute approximate surface area is 166 Å². The molecule has 28 heavy (non-hydrogen) atoms. The van der Waals surface area contributed by atoms with Gasteiger partial charge in [0.05, 0.1) is 17.3 Å². The number of likely N-dealkylation sites (tertiary alicyclic amines) is 1. The summed E-state index contributed by atoms with van der Waals surface area (Å²) in [6.07, 6.45) is 3.15. The Bertz CT molecular complexity index is 991. The van der Waals surface area contributed by atoms with Crippen LogP contribution in [0.4, 0.5) is 5.69 Å². The standard InChI is InChI=1S/C20H18ClN5O2/c21-16-6-7-18(26-13-22-12-23-26)17(9-16)24-20(28)15-8-19(27)25(11-15)10-14-4-2-1-3-5-14/h1-7,9,12-13,15H,8,10-11H2,(H,24,28). The number of rotatable bonds is 5. The smallest absolute Gasteiger partial charge is 0.229 e. The number of amides is 2. The van der Waals surface area contributed by atoms with Gasteiger partial charge in [-0.05, 0) is 23.8 Å². The van der Waals surface area contributed by atoms with Crippen LogP contribution in [0.1, 0.15) is 12.0 Å². The monoisotopic (exact) mass is 395 g/mol. The quantitative estimate of drug-likeness (QED) is 0.720. The third-order valence-electron chi connectivity index (χ3n) is 4.68. The van der Waals surface area contributed by atoms with Gasteiger partial charge in [0.25, 0.3) is 0 Å². The van der Waals surface area contributed by atoms with Crippen molar-refractivity contribution >= 4 is 29.1 Å². The first-order valence-corrected chi connectivity index (χ1v) is 9.25. The molecule has 2 amide bonds. The van der Waals surface area contributed by atoms with E-state index >= 15 is 0 Å². The predicted molar refractivity (Wildman–Crippen MR) is 105 cm³/mol. The van der Waals surface area contributed by atoms with Gasteiger partial charge in [0.1, 0.15) is 12.7 Å². The molecule has 1 atom stereocenters. The van der Waals surface area contributed by atoms with E-state index in [-0.39, 0.29) is 18.2 Å². The number of carbonyl (C=O) groups is 2. The Morgan fingerprint density at radius 2 is 2.04 bits per heavy atom. The topological polar surface area (TPSA) is 80.1 Å². The van der Waals surface area contributed by atoms with E-state index in [4.69, 9.17) is 11.6 Å². The normalized spacial score (nSPS) is 16.4. The molecule has 8 heteroatoms. The average Bonchev–Trinajstić information content (AvgIpc) is 3.33. The summed E-state index contributed by atoms with van der Waals surface area (Å²) in [4.78, 5) is 30.8. The summed E-state index contributed by atoms with van der Waals surface area (Å²) in [5.41, 5.74) is 2.22. The van der Waals surface area contributed by atoms with E-state index in [1.807, 2.05) is 30.3 Å². The molecule has 1 aromatic heterocycles. The van der Waals surface area contributed by atoms with Gasteiger partial charge in [-0.25, -0.2) is 9.67 Å². The van der Waals surface area contributed by atoms with Gasteiger partial charge in [-0.2, -0.15) is 5.10 Å². The fraction of sp³-hybridized carbons (Fsp3) is 0.200. The van der Waals surface area contributed by atoms with Crippen LogP contribution in [-0.2, 0) is 16.1 Å². The van der Waals surface area contributed by atoms with Crippen molar-refractivity contribution in [3.05, 3.63) is 71.8 Å². The third kappa shape index (κ3) is 3.89. The number of benzene rings is 2. The molecule has 3 aromatic rings. The Kier molecular flexibility index (Phi) is 5.08. The molecule has 1 aliphatic heterocycles. The molecule has 142 valence electrons. The summed E-state index contributed by atoms with van der Waals surface area (Å²) in [7, 11) is 0. The predicted octanol–water partition coefficient (Wildman–Crippen LogP) is 2.91. The van der Waals surface area contributed by atoms with Gasteiger partial charge < -0.3 is 10.2 Å². The number of hydrogen-bond donors (Lipinski definition) is 1. The molecule has 2 aromatic carbocycles. The lowest BCUT2D eigenvalue weighted by molar-refractivity contribution is -0.128. The van der Waals surface area contributed by atoms with Gasteiger partial charge in [0.15, 0.2) is 0 Å². The van der Waals surface area contributed by atoms with Crippen LogP contribution in [-0.4, -0.2) is 38.0 Å². The molecule has 0 aliphatic carbocycles. The zero-order valence-corrected chi connectivity index (χ0v) is 15.7. The first kappa shape index (κ1) is 18.2. The molecule has 0 radical (unpaired) electrons. The summed E-state index contributed by atoms with van der Waals surface area (Å²) in [5, 5.41) is 7.49. The van der Waals surface area contributed by atoms with Gasteiger partial charge in [-0.1, -0.05) is 41.9 Å². The van der Waals surface area contributed by atoms with Crippen molar-refractivity contribution < 1.29 is 9.59 Å². The van der Waals surface area contributed by atoms with E-state index in [2.05, 4.69) is 15.4 Å².